The molecule has 0 saturated carbocycles. The zero-order valence-corrected chi connectivity index (χ0v) is 10.8. The van der Waals surface area contributed by atoms with Crippen LogP contribution in [0.25, 0.3) is 0 Å². The first-order valence-corrected chi connectivity index (χ1v) is 7.13. The summed E-state index contributed by atoms with van der Waals surface area (Å²) in [5, 5.41) is 0. The molecule has 5 heteroatoms. The highest BCUT2D eigenvalue weighted by molar-refractivity contribution is 7.86. The van der Waals surface area contributed by atoms with Crippen LogP contribution < -0.4 is 0 Å². The first kappa shape index (κ1) is 12.9. The zero-order chi connectivity index (χ0) is 11.7. The first-order chi connectivity index (χ1) is 6.68. The SMILES string of the molecule is CC(C)(C)N1CCC[C@H](OS(C)(=O)=O)C1. The normalized spacial score (nSPS) is 25.5. The largest absolute Gasteiger partial charge is 0.296 e. The van der Waals surface area contributed by atoms with Gasteiger partial charge in [0, 0.05) is 12.1 Å². The van der Waals surface area contributed by atoms with Crippen molar-refractivity contribution in [1.82, 2.24) is 4.90 Å². The monoisotopic (exact) mass is 235 g/mol. The molecule has 0 bridgehead atoms. The van der Waals surface area contributed by atoms with Crippen molar-refractivity contribution in [2.45, 2.75) is 45.3 Å². The van der Waals surface area contributed by atoms with Crippen LogP contribution in [0.1, 0.15) is 33.6 Å². The molecule has 1 heterocycles. The van der Waals surface area contributed by atoms with Crippen LogP contribution in [0.2, 0.25) is 0 Å². The van der Waals surface area contributed by atoms with Gasteiger partial charge in [-0.15, -0.1) is 0 Å². The predicted molar refractivity (Wildman–Crippen MR) is 60.3 cm³/mol. The molecule has 90 valence electrons. The Labute approximate surface area is 92.7 Å². The summed E-state index contributed by atoms with van der Waals surface area (Å²) < 4.78 is 27.1. The minimum atomic E-state index is -3.32. The summed E-state index contributed by atoms with van der Waals surface area (Å²) in [6, 6.07) is 0. The number of piperidine rings is 1. The lowest BCUT2D eigenvalue weighted by Gasteiger charge is -2.40. The molecule has 1 fully saturated rings. The van der Waals surface area contributed by atoms with E-state index in [0.29, 0.717) is 6.54 Å². The highest BCUT2D eigenvalue weighted by Crippen LogP contribution is 2.22. The van der Waals surface area contributed by atoms with Crippen molar-refractivity contribution in [2.24, 2.45) is 0 Å². The maximum Gasteiger partial charge on any atom is 0.264 e. The van der Waals surface area contributed by atoms with Crippen LogP contribution in [-0.2, 0) is 14.3 Å². The van der Waals surface area contributed by atoms with E-state index < -0.39 is 10.1 Å². The third kappa shape index (κ3) is 4.49. The van der Waals surface area contributed by atoms with Crippen molar-refractivity contribution < 1.29 is 12.6 Å². The fourth-order valence-electron chi connectivity index (χ4n) is 1.87. The minimum Gasteiger partial charge on any atom is -0.296 e. The summed E-state index contributed by atoms with van der Waals surface area (Å²) >= 11 is 0. The van der Waals surface area contributed by atoms with Crippen LogP contribution in [-0.4, -0.2) is 44.3 Å². The number of hydrogen-bond donors (Lipinski definition) is 0. The van der Waals surface area contributed by atoms with Gasteiger partial charge < -0.3 is 0 Å². The van der Waals surface area contributed by atoms with Crippen molar-refractivity contribution in [3.8, 4) is 0 Å². The molecule has 15 heavy (non-hydrogen) atoms. The second-order valence-electron chi connectivity index (χ2n) is 5.18. The van der Waals surface area contributed by atoms with Crippen molar-refractivity contribution in [3.63, 3.8) is 0 Å². The Kier molecular flexibility index (Phi) is 3.79. The highest BCUT2D eigenvalue weighted by Gasteiger charge is 2.29. The van der Waals surface area contributed by atoms with Gasteiger partial charge in [-0.25, -0.2) is 0 Å². The molecular weight excluding hydrogens is 214 g/mol. The van der Waals surface area contributed by atoms with E-state index in [1.54, 1.807) is 0 Å². The van der Waals surface area contributed by atoms with E-state index in [4.69, 9.17) is 4.18 Å². The van der Waals surface area contributed by atoms with Gasteiger partial charge in [0.15, 0.2) is 0 Å². The van der Waals surface area contributed by atoms with E-state index in [9.17, 15) is 8.42 Å². The second kappa shape index (κ2) is 4.39. The van der Waals surface area contributed by atoms with Crippen molar-refractivity contribution >= 4 is 10.1 Å². The lowest BCUT2D eigenvalue weighted by atomic mass is 10.00. The average Bonchev–Trinajstić information content (AvgIpc) is 1.99. The standard InChI is InChI=1S/C10H21NO3S/c1-10(2,3)11-7-5-6-9(8-11)14-15(4,12)13/h9H,5-8H2,1-4H3/t9-/m0/s1. The lowest BCUT2D eigenvalue weighted by Crippen LogP contribution is -2.49. The second-order valence-corrected chi connectivity index (χ2v) is 6.78. The minimum absolute atomic E-state index is 0.0829. The molecule has 0 N–H and O–H groups in total. The molecule has 0 unspecified atom stereocenters. The molecule has 0 aromatic heterocycles. The van der Waals surface area contributed by atoms with Crippen molar-refractivity contribution in [3.05, 3.63) is 0 Å². The molecule has 0 amide bonds. The molecule has 0 spiro atoms. The summed E-state index contributed by atoms with van der Waals surface area (Å²) in [5.74, 6) is 0. The maximum absolute atomic E-state index is 11.0. The van der Waals surface area contributed by atoms with E-state index in [2.05, 4.69) is 25.7 Å². The van der Waals surface area contributed by atoms with Gasteiger partial charge in [-0.3, -0.25) is 9.08 Å². The van der Waals surface area contributed by atoms with Crippen LogP contribution >= 0.6 is 0 Å². The summed E-state index contributed by atoms with van der Waals surface area (Å²) in [4.78, 5) is 2.27. The molecule has 1 atom stereocenters. The summed E-state index contributed by atoms with van der Waals surface area (Å²) in [5.41, 5.74) is 0.0829. The van der Waals surface area contributed by atoms with Crippen LogP contribution in [0.5, 0.6) is 0 Å². The maximum atomic E-state index is 11.0. The molecule has 0 aromatic rings. The lowest BCUT2D eigenvalue weighted by molar-refractivity contribution is 0.0380. The summed E-state index contributed by atoms with van der Waals surface area (Å²) in [6.07, 6.45) is 2.77. The molecule has 1 aliphatic heterocycles. The van der Waals surface area contributed by atoms with Gasteiger partial charge in [-0.05, 0) is 40.2 Å². The third-order valence-corrected chi connectivity index (χ3v) is 3.26. The molecule has 4 nitrogen and oxygen atoms in total. The van der Waals surface area contributed by atoms with Gasteiger partial charge in [-0.2, -0.15) is 8.42 Å². The van der Waals surface area contributed by atoms with Crippen molar-refractivity contribution in [1.29, 1.82) is 0 Å². The topological polar surface area (TPSA) is 46.6 Å². The molecular formula is C10H21NO3S. The van der Waals surface area contributed by atoms with E-state index in [1.807, 2.05) is 0 Å². The molecule has 1 rings (SSSR count). The molecule has 1 aliphatic rings. The number of nitrogens with zero attached hydrogens (tertiary/aromatic N) is 1. The van der Waals surface area contributed by atoms with E-state index in [1.165, 1.54) is 0 Å². The van der Waals surface area contributed by atoms with Gasteiger partial charge in [0.05, 0.1) is 12.4 Å². The summed E-state index contributed by atoms with van der Waals surface area (Å²) in [7, 11) is -3.32. The van der Waals surface area contributed by atoms with E-state index in [0.717, 1.165) is 25.6 Å². The van der Waals surface area contributed by atoms with E-state index >= 15 is 0 Å². The fourth-order valence-corrected chi connectivity index (χ4v) is 2.52. The van der Waals surface area contributed by atoms with Crippen LogP contribution in [0.3, 0.4) is 0 Å². The van der Waals surface area contributed by atoms with Crippen LogP contribution in [0, 0.1) is 0 Å². The van der Waals surface area contributed by atoms with Gasteiger partial charge in [0.2, 0.25) is 0 Å². The number of likely N-dealkylation sites (tertiary alicyclic amines) is 1. The van der Waals surface area contributed by atoms with Gasteiger partial charge in [-0.1, -0.05) is 0 Å². The Morgan fingerprint density at radius 2 is 1.93 bits per heavy atom. The summed E-state index contributed by atoms with van der Waals surface area (Å²) in [6.45, 7) is 8.13. The van der Waals surface area contributed by atoms with Crippen molar-refractivity contribution in [2.75, 3.05) is 19.3 Å². The zero-order valence-electron chi connectivity index (χ0n) is 9.99. The molecule has 0 radical (unpaired) electrons. The number of hydrogen-bond acceptors (Lipinski definition) is 4. The molecule has 1 saturated heterocycles. The van der Waals surface area contributed by atoms with Crippen LogP contribution in [0.4, 0.5) is 0 Å². The average molecular weight is 235 g/mol. The Hall–Kier alpha value is -0.130. The Morgan fingerprint density at radius 1 is 1.33 bits per heavy atom. The molecule has 0 aromatic carbocycles. The predicted octanol–water partition coefficient (Wildman–Crippen LogP) is 1.23. The number of rotatable bonds is 2. The third-order valence-electron chi connectivity index (χ3n) is 2.64. The van der Waals surface area contributed by atoms with E-state index in [-0.39, 0.29) is 11.6 Å². The highest BCUT2D eigenvalue weighted by atomic mass is 32.2. The van der Waals surface area contributed by atoms with Gasteiger partial charge in [0.1, 0.15) is 0 Å². The van der Waals surface area contributed by atoms with Crippen LogP contribution in [0.15, 0.2) is 0 Å². The smallest absolute Gasteiger partial charge is 0.264 e. The quantitative estimate of drug-likeness (QED) is 0.675. The van der Waals surface area contributed by atoms with Gasteiger partial charge >= 0.3 is 0 Å². The Morgan fingerprint density at radius 3 is 2.40 bits per heavy atom. The fraction of sp³-hybridized carbons (Fsp3) is 1.00. The Bertz CT molecular complexity index is 305. The molecule has 0 aliphatic carbocycles. The first-order valence-electron chi connectivity index (χ1n) is 5.32. The van der Waals surface area contributed by atoms with Gasteiger partial charge in [0.25, 0.3) is 10.1 Å². The Balaban J connectivity index is 2.57.